The number of rotatable bonds is 1. The van der Waals surface area contributed by atoms with Crippen LogP contribution in [0.5, 0.6) is 0 Å². The molecule has 1 aliphatic heterocycles. The first-order valence-electron chi connectivity index (χ1n) is 2.83. The molecule has 10 heavy (non-hydrogen) atoms. The number of carbonyl (C=O) groups excluding carboxylic acids is 2. The van der Waals surface area contributed by atoms with E-state index >= 15 is 0 Å². The molecule has 1 amide bonds. The minimum absolute atomic E-state index is 0.0983. The van der Waals surface area contributed by atoms with Gasteiger partial charge in [-0.25, -0.2) is 4.79 Å². The summed E-state index contributed by atoms with van der Waals surface area (Å²) in [5, 5.41) is -0.0983. The van der Waals surface area contributed by atoms with E-state index < -0.39 is 12.2 Å². The summed E-state index contributed by atoms with van der Waals surface area (Å²) in [6.45, 7) is 0. The number of amides is 1. The lowest BCUT2D eigenvalue weighted by atomic mass is 10.3. The Morgan fingerprint density at radius 1 is 1.80 bits per heavy atom. The highest BCUT2D eigenvalue weighted by molar-refractivity contribution is 8.14. The van der Waals surface area contributed by atoms with Crippen molar-refractivity contribution in [1.82, 2.24) is 0 Å². The van der Waals surface area contributed by atoms with Gasteiger partial charge in [0, 0.05) is 12.2 Å². The molecule has 4 nitrogen and oxygen atoms in total. The molecule has 0 aromatic heterocycles. The van der Waals surface area contributed by atoms with Crippen LogP contribution >= 0.6 is 11.8 Å². The van der Waals surface area contributed by atoms with Crippen molar-refractivity contribution in [3.63, 3.8) is 0 Å². The molecule has 5 heteroatoms. The summed E-state index contributed by atoms with van der Waals surface area (Å²) >= 11 is 1.18. The lowest BCUT2D eigenvalue weighted by Crippen LogP contribution is -2.24. The molecule has 1 aliphatic rings. The van der Waals surface area contributed by atoms with Crippen LogP contribution in [0.25, 0.3) is 0 Å². The molecule has 0 bridgehead atoms. The second kappa shape index (κ2) is 2.92. The van der Waals surface area contributed by atoms with Gasteiger partial charge in [-0.1, -0.05) is 11.8 Å². The zero-order chi connectivity index (χ0) is 7.56. The van der Waals surface area contributed by atoms with Crippen molar-refractivity contribution in [3.05, 3.63) is 0 Å². The fraction of sp³-hybridized carbons (Fsp3) is 0.600. The normalized spacial score (nSPS) is 24.8. The van der Waals surface area contributed by atoms with Crippen molar-refractivity contribution >= 4 is 23.0 Å². The van der Waals surface area contributed by atoms with E-state index in [-0.39, 0.29) is 5.12 Å². The molecule has 2 N–H and O–H groups in total. The smallest absolute Gasteiger partial charge is 0.405 e. The summed E-state index contributed by atoms with van der Waals surface area (Å²) in [6.07, 6.45) is -0.879. The Bertz CT molecular complexity index is 170. The van der Waals surface area contributed by atoms with Crippen LogP contribution in [0.4, 0.5) is 4.79 Å². The van der Waals surface area contributed by atoms with Gasteiger partial charge in [-0.3, -0.25) is 4.79 Å². The zero-order valence-electron chi connectivity index (χ0n) is 5.20. The number of hydrogen-bond acceptors (Lipinski definition) is 4. The molecule has 1 atom stereocenters. The SMILES string of the molecule is NC(=O)OC1CCSC1=O. The molecule has 1 fully saturated rings. The minimum atomic E-state index is -0.874. The van der Waals surface area contributed by atoms with Gasteiger partial charge in [-0.2, -0.15) is 0 Å². The fourth-order valence-electron chi connectivity index (χ4n) is 0.725. The van der Waals surface area contributed by atoms with Gasteiger partial charge in [0.15, 0.2) is 6.10 Å². The Kier molecular flexibility index (Phi) is 2.16. The lowest BCUT2D eigenvalue weighted by Gasteiger charge is -2.04. The highest BCUT2D eigenvalue weighted by Crippen LogP contribution is 2.21. The van der Waals surface area contributed by atoms with Gasteiger partial charge < -0.3 is 10.5 Å². The molecular weight excluding hydrogens is 154 g/mol. The third-order valence-electron chi connectivity index (χ3n) is 1.15. The molecule has 0 radical (unpaired) electrons. The van der Waals surface area contributed by atoms with Crippen LogP contribution in [0.2, 0.25) is 0 Å². The minimum Gasteiger partial charge on any atom is -0.437 e. The van der Waals surface area contributed by atoms with E-state index in [0.717, 1.165) is 5.75 Å². The first-order chi connectivity index (χ1) is 4.70. The average molecular weight is 161 g/mol. The second-order valence-corrected chi connectivity index (χ2v) is 2.98. The summed E-state index contributed by atoms with van der Waals surface area (Å²) in [4.78, 5) is 20.9. The molecule has 1 heterocycles. The van der Waals surface area contributed by atoms with Crippen molar-refractivity contribution in [2.24, 2.45) is 5.73 Å². The number of ether oxygens (including phenoxy) is 1. The van der Waals surface area contributed by atoms with Crippen molar-refractivity contribution in [1.29, 1.82) is 0 Å². The monoisotopic (exact) mass is 161 g/mol. The van der Waals surface area contributed by atoms with Gasteiger partial charge in [0.05, 0.1) is 0 Å². The standard InChI is InChI=1S/C5H7NO3S/c6-5(8)9-3-1-2-10-4(3)7/h3H,1-2H2,(H2,6,8). The highest BCUT2D eigenvalue weighted by atomic mass is 32.2. The van der Waals surface area contributed by atoms with Gasteiger partial charge in [-0.15, -0.1) is 0 Å². The molecule has 0 aromatic rings. The third kappa shape index (κ3) is 1.63. The molecule has 0 aliphatic carbocycles. The first kappa shape index (κ1) is 7.40. The molecule has 1 unspecified atom stereocenters. The summed E-state index contributed by atoms with van der Waals surface area (Å²) < 4.78 is 4.49. The van der Waals surface area contributed by atoms with Crippen LogP contribution < -0.4 is 5.73 Å². The maximum Gasteiger partial charge on any atom is 0.405 e. The Morgan fingerprint density at radius 2 is 2.50 bits per heavy atom. The van der Waals surface area contributed by atoms with Crippen molar-refractivity contribution in [2.75, 3.05) is 5.75 Å². The maximum atomic E-state index is 10.7. The van der Waals surface area contributed by atoms with Crippen LogP contribution in [0.1, 0.15) is 6.42 Å². The maximum absolute atomic E-state index is 10.7. The first-order valence-corrected chi connectivity index (χ1v) is 3.81. The summed E-state index contributed by atoms with van der Waals surface area (Å²) in [6, 6.07) is 0. The Balaban J connectivity index is 2.40. The molecule has 0 spiro atoms. The van der Waals surface area contributed by atoms with Gasteiger partial charge in [0.1, 0.15) is 0 Å². The largest absolute Gasteiger partial charge is 0.437 e. The molecule has 1 rings (SSSR count). The number of carbonyl (C=O) groups is 2. The van der Waals surface area contributed by atoms with Gasteiger partial charge in [0.2, 0.25) is 5.12 Å². The van der Waals surface area contributed by atoms with Crippen molar-refractivity contribution in [2.45, 2.75) is 12.5 Å². The predicted molar refractivity (Wildman–Crippen MR) is 36.5 cm³/mol. The summed E-state index contributed by atoms with van der Waals surface area (Å²) in [5.74, 6) is 0.719. The number of hydrogen-bond donors (Lipinski definition) is 1. The van der Waals surface area contributed by atoms with E-state index in [4.69, 9.17) is 5.73 Å². The van der Waals surface area contributed by atoms with E-state index in [1.54, 1.807) is 0 Å². The predicted octanol–water partition coefficient (Wildman–Crippen LogP) is 0.114. The molecular formula is C5H7NO3S. The second-order valence-electron chi connectivity index (χ2n) is 1.88. The van der Waals surface area contributed by atoms with Crippen molar-refractivity contribution in [3.8, 4) is 0 Å². The van der Waals surface area contributed by atoms with Crippen LogP contribution in [-0.4, -0.2) is 23.1 Å². The molecule has 0 saturated carbocycles. The molecule has 56 valence electrons. The van der Waals surface area contributed by atoms with E-state index in [1.165, 1.54) is 11.8 Å². The Morgan fingerprint density at radius 3 is 2.90 bits per heavy atom. The van der Waals surface area contributed by atoms with E-state index in [9.17, 15) is 9.59 Å². The van der Waals surface area contributed by atoms with Gasteiger partial charge >= 0.3 is 6.09 Å². The lowest BCUT2D eigenvalue weighted by molar-refractivity contribution is -0.117. The quantitative estimate of drug-likeness (QED) is 0.592. The highest BCUT2D eigenvalue weighted by Gasteiger charge is 2.27. The topological polar surface area (TPSA) is 69.4 Å². The molecule has 1 saturated heterocycles. The summed E-state index contributed by atoms with van der Waals surface area (Å²) in [7, 11) is 0. The number of nitrogens with two attached hydrogens (primary N) is 1. The van der Waals surface area contributed by atoms with Gasteiger partial charge in [-0.05, 0) is 0 Å². The number of primary amides is 1. The molecule has 0 aromatic carbocycles. The number of thioether (sulfide) groups is 1. The van der Waals surface area contributed by atoms with Crippen LogP contribution in [0.3, 0.4) is 0 Å². The van der Waals surface area contributed by atoms with E-state index in [2.05, 4.69) is 4.74 Å². The Hall–Kier alpha value is -0.710. The van der Waals surface area contributed by atoms with Crippen molar-refractivity contribution < 1.29 is 14.3 Å². The fourth-order valence-corrected chi connectivity index (χ4v) is 1.61. The third-order valence-corrected chi connectivity index (χ3v) is 2.13. The van der Waals surface area contributed by atoms with E-state index in [0.29, 0.717) is 6.42 Å². The van der Waals surface area contributed by atoms with Crippen LogP contribution in [-0.2, 0) is 9.53 Å². The summed E-state index contributed by atoms with van der Waals surface area (Å²) in [5.41, 5.74) is 4.71. The Labute approximate surface area is 62.1 Å². The van der Waals surface area contributed by atoms with Crippen LogP contribution in [0.15, 0.2) is 0 Å². The average Bonchev–Trinajstić information content (AvgIpc) is 2.15. The van der Waals surface area contributed by atoms with E-state index in [1.807, 2.05) is 0 Å². The zero-order valence-corrected chi connectivity index (χ0v) is 6.02. The van der Waals surface area contributed by atoms with Gasteiger partial charge in [0.25, 0.3) is 0 Å². The van der Waals surface area contributed by atoms with Crippen LogP contribution in [0, 0.1) is 0 Å².